The van der Waals surface area contributed by atoms with Gasteiger partial charge in [0.05, 0.1) is 18.8 Å². The highest BCUT2D eigenvalue weighted by atomic mass is 16.5. The van der Waals surface area contributed by atoms with E-state index in [1.165, 1.54) is 0 Å². The highest BCUT2D eigenvalue weighted by Crippen LogP contribution is 2.13. The molecule has 20 heavy (non-hydrogen) atoms. The van der Waals surface area contributed by atoms with Crippen LogP contribution in [0.3, 0.4) is 0 Å². The van der Waals surface area contributed by atoms with E-state index in [1.807, 2.05) is 31.3 Å². The number of benzene rings is 1. The van der Waals surface area contributed by atoms with Gasteiger partial charge in [0.2, 0.25) is 0 Å². The van der Waals surface area contributed by atoms with Gasteiger partial charge in [-0.2, -0.15) is 0 Å². The molecule has 1 saturated heterocycles. The third kappa shape index (κ3) is 4.21. The Balaban J connectivity index is 1.72. The minimum absolute atomic E-state index is 0.0167. The van der Waals surface area contributed by atoms with Crippen LogP contribution in [-0.4, -0.2) is 57.2 Å². The summed E-state index contributed by atoms with van der Waals surface area (Å²) in [5.41, 5.74) is 1.56. The Kier molecular flexibility index (Phi) is 5.83. The topological polar surface area (TPSA) is 53.6 Å². The second kappa shape index (κ2) is 7.87. The van der Waals surface area contributed by atoms with Crippen LogP contribution in [0.15, 0.2) is 24.3 Å². The molecule has 0 radical (unpaired) electrons. The number of para-hydroxylation sites is 1. The predicted molar refractivity (Wildman–Crippen MR) is 80.2 cm³/mol. The van der Waals surface area contributed by atoms with Crippen LogP contribution in [0.1, 0.15) is 16.8 Å². The normalized spacial score (nSPS) is 15.8. The molecule has 0 aliphatic carbocycles. The first-order valence-corrected chi connectivity index (χ1v) is 7.16. The van der Waals surface area contributed by atoms with E-state index in [0.717, 1.165) is 45.0 Å². The molecule has 0 spiro atoms. The second-order valence-corrected chi connectivity index (χ2v) is 4.86. The summed E-state index contributed by atoms with van der Waals surface area (Å²) in [6.07, 6.45) is 0.966. The summed E-state index contributed by atoms with van der Waals surface area (Å²) in [7, 11) is 1.82. The molecule has 1 aliphatic rings. The summed E-state index contributed by atoms with van der Waals surface area (Å²) in [5, 5.41) is 6.01. The van der Waals surface area contributed by atoms with Crippen LogP contribution < -0.4 is 10.6 Å². The quantitative estimate of drug-likeness (QED) is 0.767. The van der Waals surface area contributed by atoms with E-state index in [2.05, 4.69) is 15.5 Å². The van der Waals surface area contributed by atoms with Crippen molar-refractivity contribution in [2.45, 2.75) is 6.42 Å². The van der Waals surface area contributed by atoms with Crippen molar-refractivity contribution >= 4 is 11.6 Å². The molecule has 0 unspecified atom stereocenters. The zero-order chi connectivity index (χ0) is 14.2. The lowest BCUT2D eigenvalue weighted by Gasteiger charge is -2.26. The maximum Gasteiger partial charge on any atom is 0.253 e. The molecule has 1 amide bonds. The van der Waals surface area contributed by atoms with Gasteiger partial charge in [-0.3, -0.25) is 9.69 Å². The summed E-state index contributed by atoms with van der Waals surface area (Å²) in [5.74, 6) is -0.0167. The van der Waals surface area contributed by atoms with Gasteiger partial charge in [-0.15, -0.1) is 0 Å². The molecule has 5 nitrogen and oxygen atoms in total. The fraction of sp³-hybridized carbons (Fsp3) is 0.533. The number of nitrogens with one attached hydrogen (secondary N) is 2. The maximum atomic E-state index is 12.1. The molecule has 1 aromatic carbocycles. The first kappa shape index (κ1) is 14.8. The number of hydrogen-bond acceptors (Lipinski definition) is 4. The summed E-state index contributed by atoms with van der Waals surface area (Å²) < 4.78 is 5.31. The second-order valence-electron chi connectivity index (χ2n) is 4.86. The largest absolute Gasteiger partial charge is 0.387 e. The Hall–Kier alpha value is -1.59. The first-order chi connectivity index (χ1) is 9.81. The van der Waals surface area contributed by atoms with Gasteiger partial charge in [-0.05, 0) is 25.1 Å². The van der Waals surface area contributed by atoms with Crippen LogP contribution in [0.4, 0.5) is 5.69 Å². The SMILES string of the molecule is CNc1ccccc1C(=O)NCCCN1CCOCC1. The monoisotopic (exact) mass is 277 g/mol. The van der Waals surface area contributed by atoms with Crippen molar-refractivity contribution < 1.29 is 9.53 Å². The fourth-order valence-corrected chi connectivity index (χ4v) is 2.32. The summed E-state index contributed by atoms with van der Waals surface area (Å²) in [4.78, 5) is 14.5. The molecular weight excluding hydrogens is 254 g/mol. The highest BCUT2D eigenvalue weighted by Gasteiger charge is 2.11. The van der Waals surface area contributed by atoms with Crippen molar-refractivity contribution in [1.29, 1.82) is 0 Å². The fourth-order valence-electron chi connectivity index (χ4n) is 2.32. The molecule has 0 atom stereocenters. The smallest absolute Gasteiger partial charge is 0.253 e. The van der Waals surface area contributed by atoms with Crippen molar-refractivity contribution in [3.8, 4) is 0 Å². The number of carbonyl (C=O) groups excluding carboxylic acids is 1. The summed E-state index contributed by atoms with van der Waals surface area (Å²) in [6, 6.07) is 7.54. The molecule has 1 aliphatic heterocycles. The number of carbonyl (C=O) groups is 1. The summed E-state index contributed by atoms with van der Waals surface area (Å²) >= 11 is 0. The van der Waals surface area contributed by atoms with Gasteiger partial charge >= 0.3 is 0 Å². The van der Waals surface area contributed by atoms with E-state index in [9.17, 15) is 4.79 Å². The van der Waals surface area contributed by atoms with Gasteiger partial charge < -0.3 is 15.4 Å². The summed E-state index contributed by atoms with van der Waals surface area (Å²) in [6.45, 7) is 5.35. The molecule has 1 heterocycles. The van der Waals surface area contributed by atoms with Crippen LogP contribution >= 0.6 is 0 Å². The molecule has 2 N–H and O–H groups in total. The molecule has 1 fully saturated rings. The Morgan fingerprint density at radius 2 is 2.05 bits per heavy atom. The number of rotatable bonds is 6. The molecule has 1 aromatic rings. The molecule has 5 heteroatoms. The van der Waals surface area contributed by atoms with E-state index < -0.39 is 0 Å². The molecule has 2 rings (SSSR count). The number of anilines is 1. The van der Waals surface area contributed by atoms with Crippen LogP contribution in [0.2, 0.25) is 0 Å². The molecule has 0 saturated carbocycles. The minimum Gasteiger partial charge on any atom is -0.387 e. The number of ether oxygens (including phenoxy) is 1. The van der Waals surface area contributed by atoms with Crippen molar-refractivity contribution in [3.63, 3.8) is 0 Å². The van der Waals surface area contributed by atoms with Crippen LogP contribution in [0.5, 0.6) is 0 Å². The standard InChI is InChI=1S/C15H23N3O2/c1-16-14-6-3-2-5-13(14)15(19)17-7-4-8-18-9-11-20-12-10-18/h2-3,5-6,16H,4,7-12H2,1H3,(H,17,19). The Bertz CT molecular complexity index is 431. The van der Waals surface area contributed by atoms with Crippen molar-refractivity contribution in [3.05, 3.63) is 29.8 Å². The third-order valence-electron chi connectivity index (χ3n) is 3.48. The average molecular weight is 277 g/mol. The van der Waals surface area contributed by atoms with Gasteiger partial charge in [0.15, 0.2) is 0 Å². The van der Waals surface area contributed by atoms with Gasteiger partial charge in [0, 0.05) is 32.4 Å². The van der Waals surface area contributed by atoms with Crippen molar-refractivity contribution in [2.75, 3.05) is 51.8 Å². The predicted octanol–water partition coefficient (Wildman–Crippen LogP) is 1.18. The first-order valence-electron chi connectivity index (χ1n) is 7.16. The van der Waals surface area contributed by atoms with Crippen LogP contribution in [0, 0.1) is 0 Å². The lowest BCUT2D eigenvalue weighted by atomic mass is 10.1. The lowest BCUT2D eigenvalue weighted by molar-refractivity contribution is 0.0374. The molecule has 0 bridgehead atoms. The maximum absolute atomic E-state index is 12.1. The third-order valence-corrected chi connectivity index (χ3v) is 3.48. The van der Waals surface area contributed by atoms with Gasteiger partial charge in [0.1, 0.15) is 0 Å². The zero-order valence-electron chi connectivity index (χ0n) is 12.0. The van der Waals surface area contributed by atoms with E-state index in [4.69, 9.17) is 4.74 Å². The van der Waals surface area contributed by atoms with Gasteiger partial charge in [0.25, 0.3) is 5.91 Å². The number of morpholine rings is 1. The Morgan fingerprint density at radius 1 is 1.30 bits per heavy atom. The number of amides is 1. The zero-order valence-corrected chi connectivity index (χ0v) is 12.0. The van der Waals surface area contributed by atoms with Crippen LogP contribution in [-0.2, 0) is 4.74 Å². The molecule has 110 valence electrons. The number of hydrogen-bond donors (Lipinski definition) is 2. The van der Waals surface area contributed by atoms with Gasteiger partial charge in [-0.1, -0.05) is 12.1 Å². The molecule has 0 aromatic heterocycles. The van der Waals surface area contributed by atoms with Crippen molar-refractivity contribution in [1.82, 2.24) is 10.2 Å². The van der Waals surface area contributed by atoms with Crippen LogP contribution in [0.25, 0.3) is 0 Å². The molecular formula is C15H23N3O2. The van der Waals surface area contributed by atoms with E-state index in [0.29, 0.717) is 12.1 Å². The van der Waals surface area contributed by atoms with E-state index >= 15 is 0 Å². The van der Waals surface area contributed by atoms with Gasteiger partial charge in [-0.25, -0.2) is 0 Å². The Labute approximate surface area is 120 Å². The Morgan fingerprint density at radius 3 is 2.80 bits per heavy atom. The number of nitrogens with zero attached hydrogens (tertiary/aromatic N) is 1. The highest BCUT2D eigenvalue weighted by molar-refractivity contribution is 5.99. The van der Waals surface area contributed by atoms with E-state index in [1.54, 1.807) is 0 Å². The van der Waals surface area contributed by atoms with E-state index in [-0.39, 0.29) is 5.91 Å². The lowest BCUT2D eigenvalue weighted by Crippen LogP contribution is -2.38. The minimum atomic E-state index is -0.0167. The average Bonchev–Trinajstić information content (AvgIpc) is 2.52. The van der Waals surface area contributed by atoms with Crippen molar-refractivity contribution in [2.24, 2.45) is 0 Å².